The van der Waals surface area contributed by atoms with Gasteiger partial charge in [0, 0.05) is 18.5 Å². The van der Waals surface area contributed by atoms with Gasteiger partial charge in [-0.15, -0.1) is 0 Å². The molecular weight excluding hydrogens is 268 g/mol. The number of aryl methyl sites for hydroxylation is 1. The Labute approximate surface area is 126 Å². The summed E-state index contributed by atoms with van der Waals surface area (Å²) in [6.07, 6.45) is 5.33. The van der Waals surface area contributed by atoms with Gasteiger partial charge in [-0.25, -0.2) is 8.78 Å². The predicted molar refractivity (Wildman–Crippen MR) is 83.7 cm³/mol. The summed E-state index contributed by atoms with van der Waals surface area (Å²) in [4.78, 5) is 0. The van der Waals surface area contributed by atoms with Crippen molar-refractivity contribution in [3.63, 3.8) is 0 Å². The highest BCUT2D eigenvalue weighted by atomic mass is 19.3. The Balaban J connectivity index is 2.04. The van der Waals surface area contributed by atoms with Crippen molar-refractivity contribution < 1.29 is 8.78 Å². The zero-order valence-corrected chi connectivity index (χ0v) is 13.3. The van der Waals surface area contributed by atoms with Crippen molar-refractivity contribution in [1.82, 2.24) is 0 Å². The molecular formula is C18H27F2N. The highest BCUT2D eigenvalue weighted by Crippen LogP contribution is 2.34. The molecule has 1 aliphatic carbocycles. The summed E-state index contributed by atoms with van der Waals surface area (Å²) in [5.74, 6) is -1.80. The third kappa shape index (κ3) is 4.77. The first-order valence-corrected chi connectivity index (χ1v) is 8.05. The van der Waals surface area contributed by atoms with Crippen LogP contribution in [0.25, 0.3) is 0 Å². The average molecular weight is 295 g/mol. The maximum atomic E-state index is 13.6. The fraction of sp³-hybridized carbons (Fsp3) is 0.667. The maximum absolute atomic E-state index is 13.6. The van der Waals surface area contributed by atoms with Gasteiger partial charge >= 0.3 is 0 Å². The lowest BCUT2D eigenvalue weighted by Crippen LogP contribution is -2.22. The van der Waals surface area contributed by atoms with Crippen LogP contribution in [0.5, 0.6) is 0 Å². The third-order valence-electron chi connectivity index (χ3n) is 4.42. The molecule has 0 bridgehead atoms. The fourth-order valence-corrected chi connectivity index (χ4v) is 2.75. The van der Waals surface area contributed by atoms with Crippen molar-refractivity contribution in [2.45, 2.75) is 70.8 Å². The Kier molecular flexibility index (Phi) is 5.03. The van der Waals surface area contributed by atoms with E-state index >= 15 is 0 Å². The van der Waals surface area contributed by atoms with Crippen LogP contribution in [0.1, 0.15) is 69.1 Å². The number of benzene rings is 1. The highest BCUT2D eigenvalue weighted by molar-refractivity contribution is 5.34. The van der Waals surface area contributed by atoms with Gasteiger partial charge in [-0.1, -0.05) is 19.9 Å². The number of alkyl halides is 2. The highest BCUT2D eigenvalue weighted by Gasteiger charge is 2.28. The van der Waals surface area contributed by atoms with Crippen molar-refractivity contribution in [3.05, 3.63) is 34.9 Å². The first kappa shape index (κ1) is 16.4. The van der Waals surface area contributed by atoms with Gasteiger partial charge in [0.25, 0.3) is 5.92 Å². The molecule has 0 saturated heterocycles. The van der Waals surface area contributed by atoms with Gasteiger partial charge in [0.15, 0.2) is 0 Å². The van der Waals surface area contributed by atoms with E-state index in [9.17, 15) is 8.78 Å². The van der Waals surface area contributed by atoms with Crippen LogP contribution in [-0.4, -0.2) is 6.04 Å². The molecule has 1 saturated carbocycles. The SMILES string of the molecule is CC(C)c1cc(CCC[C@@H](N)C2CC2)cc(C(C)(F)F)c1. The van der Waals surface area contributed by atoms with Crippen molar-refractivity contribution in [3.8, 4) is 0 Å². The largest absolute Gasteiger partial charge is 0.327 e. The van der Waals surface area contributed by atoms with Gasteiger partial charge in [-0.2, -0.15) is 0 Å². The van der Waals surface area contributed by atoms with Crippen molar-refractivity contribution in [2.24, 2.45) is 11.7 Å². The molecule has 1 aromatic rings. The summed E-state index contributed by atoms with van der Waals surface area (Å²) in [5.41, 5.74) is 8.25. The molecule has 0 aromatic heterocycles. The molecule has 0 spiro atoms. The lowest BCUT2D eigenvalue weighted by atomic mass is 9.93. The average Bonchev–Trinajstić information content (AvgIpc) is 3.21. The lowest BCUT2D eigenvalue weighted by molar-refractivity contribution is 0.0173. The van der Waals surface area contributed by atoms with Crippen LogP contribution in [0.4, 0.5) is 8.78 Å². The normalized spacial score (nSPS) is 17.3. The molecule has 21 heavy (non-hydrogen) atoms. The molecule has 0 radical (unpaired) electrons. The number of hydrogen-bond acceptors (Lipinski definition) is 1. The third-order valence-corrected chi connectivity index (χ3v) is 4.42. The Bertz CT molecular complexity index is 473. The molecule has 1 fully saturated rings. The van der Waals surface area contributed by atoms with Crippen molar-refractivity contribution in [1.29, 1.82) is 0 Å². The first-order valence-electron chi connectivity index (χ1n) is 8.05. The topological polar surface area (TPSA) is 26.0 Å². The van der Waals surface area contributed by atoms with Crippen molar-refractivity contribution >= 4 is 0 Å². The molecule has 1 aliphatic rings. The van der Waals surface area contributed by atoms with E-state index in [-0.39, 0.29) is 11.5 Å². The van der Waals surface area contributed by atoms with Crippen molar-refractivity contribution in [2.75, 3.05) is 0 Å². The van der Waals surface area contributed by atoms with Gasteiger partial charge in [0.05, 0.1) is 0 Å². The summed E-state index contributed by atoms with van der Waals surface area (Å²) in [6, 6.07) is 5.67. The summed E-state index contributed by atoms with van der Waals surface area (Å²) < 4.78 is 27.2. The molecule has 0 heterocycles. The second-order valence-electron chi connectivity index (χ2n) is 6.90. The van der Waals surface area contributed by atoms with Crippen LogP contribution in [0.2, 0.25) is 0 Å². The number of rotatable bonds is 7. The molecule has 1 nitrogen and oxygen atoms in total. The van der Waals surface area contributed by atoms with Gasteiger partial charge in [-0.3, -0.25) is 0 Å². The van der Waals surface area contributed by atoms with E-state index in [1.165, 1.54) is 12.8 Å². The van der Waals surface area contributed by atoms with E-state index in [2.05, 4.69) is 6.07 Å². The molecule has 3 heteroatoms. The number of nitrogens with two attached hydrogens (primary N) is 1. The maximum Gasteiger partial charge on any atom is 0.270 e. The first-order chi connectivity index (χ1) is 9.77. The molecule has 118 valence electrons. The summed E-state index contributed by atoms with van der Waals surface area (Å²) in [7, 11) is 0. The molecule has 0 aliphatic heterocycles. The quantitative estimate of drug-likeness (QED) is 0.754. The van der Waals surface area contributed by atoms with Crippen LogP contribution < -0.4 is 5.73 Å². The van der Waals surface area contributed by atoms with E-state index in [4.69, 9.17) is 5.73 Å². The number of hydrogen-bond donors (Lipinski definition) is 1. The van der Waals surface area contributed by atoms with Crippen LogP contribution in [0.15, 0.2) is 18.2 Å². The van der Waals surface area contributed by atoms with E-state index in [1.807, 2.05) is 13.8 Å². The Morgan fingerprint density at radius 2 is 1.90 bits per heavy atom. The van der Waals surface area contributed by atoms with Crippen LogP contribution in [-0.2, 0) is 12.3 Å². The molecule has 0 unspecified atom stereocenters. The molecule has 0 amide bonds. The lowest BCUT2D eigenvalue weighted by Gasteiger charge is -2.17. The predicted octanol–water partition coefficient (Wildman–Crippen LogP) is 4.98. The zero-order chi connectivity index (χ0) is 15.6. The second kappa shape index (κ2) is 6.43. The fourth-order valence-electron chi connectivity index (χ4n) is 2.75. The minimum Gasteiger partial charge on any atom is -0.327 e. The summed E-state index contributed by atoms with van der Waals surface area (Å²) in [6.45, 7) is 5.05. The van der Waals surface area contributed by atoms with Crippen LogP contribution >= 0.6 is 0 Å². The molecule has 1 aromatic carbocycles. The second-order valence-corrected chi connectivity index (χ2v) is 6.90. The Morgan fingerprint density at radius 3 is 2.43 bits per heavy atom. The molecule has 1 atom stereocenters. The standard InChI is InChI=1S/C18H27F2N/c1-12(2)15-9-13(10-16(11-15)18(3,19)20)5-4-6-17(21)14-7-8-14/h9-12,14,17H,4-8,21H2,1-3H3/t17-/m1/s1. The van der Waals surface area contributed by atoms with Gasteiger partial charge < -0.3 is 5.73 Å². The number of halogens is 2. The molecule has 2 N–H and O–H groups in total. The van der Waals surface area contributed by atoms with Gasteiger partial charge in [0.2, 0.25) is 0 Å². The van der Waals surface area contributed by atoms with E-state index in [0.29, 0.717) is 12.0 Å². The van der Waals surface area contributed by atoms with E-state index in [1.54, 1.807) is 12.1 Å². The van der Waals surface area contributed by atoms with Crippen LogP contribution in [0.3, 0.4) is 0 Å². The van der Waals surface area contributed by atoms with E-state index in [0.717, 1.165) is 37.3 Å². The Hall–Kier alpha value is -0.960. The summed E-state index contributed by atoms with van der Waals surface area (Å²) in [5, 5.41) is 0. The monoisotopic (exact) mass is 295 g/mol. The van der Waals surface area contributed by atoms with E-state index < -0.39 is 5.92 Å². The minimum absolute atomic E-state index is 0.134. The Morgan fingerprint density at radius 1 is 1.24 bits per heavy atom. The van der Waals surface area contributed by atoms with Crippen LogP contribution in [0, 0.1) is 5.92 Å². The zero-order valence-electron chi connectivity index (χ0n) is 13.3. The minimum atomic E-state index is -2.77. The summed E-state index contributed by atoms with van der Waals surface area (Å²) >= 11 is 0. The molecule has 2 rings (SSSR count). The van der Waals surface area contributed by atoms with Gasteiger partial charge in [-0.05, 0) is 67.2 Å². The van der Waals surface area contributed by atoms with Gasteiger partial charge in [0.1, 0.15) is 0 Å². The smallest absolute Gasteiger partial charge is 0.270 e.